The second-order valence-corrected chi connectivity index (χ2v) is 9.35. The molecule has 1 unspecified atom stereocenters. The Hall–Kier alpha value is -2.39. The molecule has 1 aromatic heterocycles. The zero-order chi connectivity index (χ0) is 21.3. The highest BCUT2D eigenvalue weighted by Gasteiger charge is 2.38. The Labute approximate surface area is 176 Å². The Bertz CT molecular complexity index is 1070. The molecule has 0 bridgehead atoms. The average Bonchev–Trinajstić information content (AvgIpc) is 3.08. The third-order valence-corrected chi connectivity index (χ3v) is 7.62. The van der Waals surface area contributed by atoms with Gasteiger partial charge < -0.3 is 9.08 Å². The third kappa shape index (κ3) is 3.96. The molecule has 158 valence electrons. The van der Waals surface area contributed by atoms with E-state index in [1.807, 2.05) is 30.3 Å². The van der Waals surface area contributed by atoms with Crippen LogP contribution in [0.5, 0.6) is 0 Å². The van der Waals surface area contributed by atoms with Gasteiger partial charge in [-0.15, -0.1) is 4.31 Å². The predicted octanol–water partition coefficient (Wildman–Crippen LogP) is 3.82. The van der Waals surface area contributed by atoms with Gasteiger partial charge in [0, 0.05) is 32.1 Å². The van der Waals surface area contributed by atoms with Crippen molar-refractivity contribution >= 4 is 10.4 Å². The van der Waals surface area contributed by atoms with Crippen LogP contribution in [-0.4, -0.2) is 45.1 Å². The van der Waals surface area contributed by atoms with E-state index in [1.165, 1.54) is 10.4 Å². The number of nitrogens with zero attached hydrogens (tertiary/aromatic N) is 3. The van der Waals surface area contributed by atoms with Crippen LogP contribution in [0.2, 0.25) is 0 Å². The molecule has 1 aliphatic rings. The average molecular weight is 430 g/mol. The molecular weight excluding hydrogens is 405 g/mol. The lowest BCUT2D eigenvalue weighted by Gasteiger charge is -2.35. The maximum atomic E-state index is 14.3. The first-order valence-corrected chi connectivity index (χ1v) is 11.3. The first-order valence-electron chi connectivity index (χ1n) is 9.86. The summed E-state index contributed by atoms with van der Waals surface area (Å²) in [6, 6.07) is 14.5. The maximum Gasteiger partial charge on any atom is 0.240 e. The van der Waals surface area contributed by atoms with Gasteiger partial charge in [-0.2, -0.15) is 0 Å². The highest BCUT2D eigenvalue weighted by molar-refractivity contribution is 7.95. The fourth-order valence-electron chi connectivity index (χ4n) is 3.94. The molecule has 0 aliphatic carbocycles. The summed E-state index contributed by atoms with van der Waals surface area (Å²) in [5, 5.41) is 3.77. The summed E-state index contributed by atoms with van der Waals surface area (Å²) in [4.78, 5) is 2.36. The SMILES string of the molecule is Cc1noc(C)c1[S+](=O)([O-])N1CCN(Cc2ccccc2-c2ccccc2F)CC1. The van der Waals surface area contributed by atoms with Crippen LogP contribution in [-0.2, 0) is 21.2 Å². The Balaban J connectivity index is 1.48. The summed E-state index contributed by atoms with van der Waals surface area (Å²) in [7, 11) is -3.63. The second kappa shape index (κ2) is 8.39. The number of aromatic nitrogens is 1. The molecule has 0 spiro atoms. The van der Waals surface area contributed by atoms with Gasteiger partial charge >= 0.3 is 0 Å². The van der Waals surface area contributed by atoms with Gasteiger partial charge in [0.15, 0.2) is 16.2 Å². The van der Waals surface area contributed by atoms with Crippen molar-refractivity contribution in [3.63, 3.8) is 0 Å². The molecule has 1 fully saturated rings. The van der Waals surface area contributed by atoms with Crippen molar-refractivity contribution in [2.24, 2.45) is 0 Å². The summed E-state index contributed by atoms with van der Waals surface area (Å²) < 4.78 is 46.8. The summed E-state index contributed by atoms with van der Waals surface area (Å²) in [6.07, 6.45) is 0. The lowest BCUT2D eigenvalue weighted by Crippen LogP contribution is -2.50. The van der Waals surface area contributed by atoms with Crippen molar-refractivity contribution < 1.29 is 17.7 Å². The van der Waals surface area contributed by atoms with E-state index in [1.54, 1.807) is 26.0 Å². The van der Waals surface area contributed by atoms with Crippen LogP contribution in [0.25, 0.3) is 11.1 Å². The first-order chi connectivity index (χ1) is 14.4. The van der Waals surface area contributed by atoms with E-state index in [0.717, 1.165) is 11.1 Å². The number of halogens is 1. The lowest BCUT2D eigenvalue weighted by molar-refractivity contribution is 0.174. The Morgan fingerprint density at radius 2 is 1.67 bits per heavy atom. The molecule has 8 heteroatoms. The smallest absolute Gasteiger partial charge is 0.240 e. The Morgan fingerprint density at radius 1 is 1.03 bits per heavy atom. The highest BCUT2D eigenvalue weighted by atomic mass is 32.3. The number of piperazine rings is 1. The minimum absolute atomic E-state index is 0.167. The van der Waals surface area contributed by atoms with Gasteiger partial charge in [-0.1, -0.05) is 51.8 Å². The molecule has 30 heavy (non-hydrogen) atoms. The molecule has 1 saturated heterocycles. The van der Waals surface area contributed by atoms with E-state index < -0.39 is 10.4 Å². The second-order valence-electron chi connectivity index (χ2n) is 7.47. The van der Waals surface area contributed by atoms with E-state index in [4.69, 9.17) is 4.52 Å². The van der Waals surface area contributed by atoms with Crippen LogP contribution in [0.4, 0.5) is 4.39 Å². The van der Waals surface area contributed by atoms with E-state index in [0.29, 0.717) is 49.7 Å². The monoisotopic (exact) mass is 429 g/mol. The normalized spacial score (nSPS) is 17.7. The molecule has 1 atom stereocenters. The number of benzene rings is 2. The van der Waals surface area contributed by atoms with Crippen LogP contribution in [0.15, 0.2) is 57.9 Å². The van der Waals surface area contributed by atoms with Crippen molar-refractivity contribution in [2.75, 3.05) is 26.2 Å². The summed E-state index contributed by atoms with van der Waals surface area (Å²) >= 11 is 0. The molecule has 2 aromatic carbocycles. The largest absolute Gasteiger partial charge is 0.593 e. The topological polar surface area (TPSA) is 72.6 Å². The fraction of sp³-hybridized carbons (Fsp3) is 0.318. The molecular formula is C22H24FN3O3S. The van der Waals surface area contributed by atoms with Crippen LogP contribution in [0.1, 0.15) is 17.0 Å². The maximum absolute atomic E-state index is 14.3. The van der Waals surface area contributed by atoms with Crippen molar-refractivity contribution in [3.8, 4) is 11.1 Å². The van der Waals surface area contributed by atoms with Gasteiger partial charge in [0.1, 0.15) is 11.5 Å². The number of hydrogen-bond acceptors (Lipinski definition) is 5. The van der Waals surface area contributed by atoms with E-state index in [-0.39, 0.29) is 10.7 Å². The molecule has 3 aromatic rings. The van der Waals surface area contributed by atoms with E-state index in [2.05, 4.69) is 10.1 Å². The quantitative estimate of drug-likeness (QED) is 0.577. The predicted molar refractivity (Wildman–Crippen MR) is 112 cm³/mol. The van der Waals surface area contributed by atoms with Gasteiger partial charge in [-0.3, -0.25) is 4.90 Å². The Kier molecular flexibility index (Phi) is 5.84. The van der Waals surface area contributed by atoms with Gasteiger partial charge in [0.25, 0.3) is 0 Å². The van der Waals surface area contributed by atoms with Gasteiger partial charge in [-0.05, 0) is 24.1 Å². The highest BCUT2D eigenvalue weighted by Crippen LogP contribution is 2.30. The van der Waals surface area contributed by atoms with Crippen molar-refractivity contribution in [2.45, 2.75) is 25.3 Å². The van der Waals surface area contributed by atoms with Gasteiger partial charge in [-0.25, -0.2) is 4.39 Å². The molecule has 0 saturated carbocycles. The molecule has 6 nitrogen and oxygen atoms in total. The first kappa shape index (κ1) is 20.9. The molecule has 2 heterocycles. The standard InChI is InChI=1S/C22H24FN3O3S/c1-16-22(17(2)29-24-16)30(27,28)26-13-11-25(12-14-26)15-18-7-3-4-8-19(18)20-9-5-6-10-21(20)23/h3-10H,11-15H2,1-2H3. The van der Waals surface area contributed by atoms with Crippen LogP contribution >= 0.6 is 0 Å². The molecule has 4 rings (SSSR count). The van der Waals surface area contributed by atoms with Crippen LogP contribution in [0, 0.1) is 19.7 Å². The Morgan fingerprint density at radius 3 is 2.30 bits per heavy atom. The number of sulfonamides is 1. The number of rotatable bonds is 5. The summed E-state index contributed by atoms with van der Waals surface area (Å²) in [6.45, 7) is 5.83. The zero-order valence-electron chi connectivity index (χ0n) is 17.0. The van der Waals surface area contributed by atoms with Crippen molar-refractivity contribution in [1.29, 1.82) is 0 Å². The minimum Gasteiger partial charge on any atom is -0.593 e. The van der Waals surface area contributed by atoms with Gasteiger partial charge in [0.2, 0.25) is 4.90 Å². The number of hydrogen-bond donors (Lipinski definition) is 0. The van der Waals surface area contributed by atoms with Crippen LogP contribution in [0.3, 0.4) is 0 Å². The van der Waals surface area contributed by atoms with E-state index >= 15 is 0 Å². The van der Waals surface area contributed by atoms with Crippen molar-refractivity contribution in [1.82, 2.24) is 14.4 Å². The summed E-state index contributed by atoms with van der Waals surface area (Å²) in [5.41, 5.74) is 2.84. The van der Waals surface area contributed by atoms with Crippen LogP contribution < -0.4 is 0 Å². The molecule has 0 N–H and O–H groups in total. The molecule has 0 radical (unpaired) electrons. The van der Waals surface area contributed by atoms with Gasteiger partial charge in [0.05, 0.1) is 13.1 Å². The minimum atomic E-state index is -3.63. The number of aryl methyl sites for hydroxylation is 2. The lowest BCUT2D eigenvalue weighted by atomic mass is 9.99. The molecule has 0 amide bonds. The fourth-order valence-corrected chi connectivity index (χ4v) is 5.65. The third-order valence-electron chi connectivity index (χ3n) is 5.47. The zero-order valence-corrected chi connectivity index (χ0v) is 17.8. The summed E-state index contributed by atoms with van der Waals surface area (Å²) in [5.74, 6) is 0.0640. The van der Waals surface area contributed by atoms with Crippen molar-refractivity contribution in [3.05, 3.63) is 71.4 Å². The van der Waals surface area contributed by atoms with E-state index in [9.17, 15) is 13.2 Å². The molecule has 1 aliphatic heterocycles.